The van der Waals surface area contributed by atoms with E-state index in [2.05, 4.69) is 19.0 Å². The molecule has 0 saturated carbocycles. The van der Waals surface area contributed by atoms with Gasteiger partial charge in [0.15, 0.2) is 5.76 Å². The second kappa shape index (κ2) is 9.32. The summed E-state index contributed by atoms with van der Waals surface area (Å²) in [6.07, 6.45) is 2.16. The number of allylic oxidation sites excluding steroid dienone is 1. The first kappa shape index (κ1) is 22.3. The lowest BCUT2D eigenvalue weighted by molar-refractivity contribution is -0.134. The molecule has 7 nitrogen and oxygen atoms in total. The minimum absolute atomic E-state index is 0.103. The highest BCUT2D eigenvalue weighted by Crippen LogP contribution is 2.39. The van der Waals surface area contributed by atoms with E-state index in [1.807, 2.05) is 24.3 Å². The molecule has 0 radical (unpaired) electrons. The van der Waals surface area contributed by atoms with Crippen molar-refractivity contribution < 1.29 is 28.3 Å². The molecule has 0 fully saturated rings. The van der Waals surface area contributed by atoms with Gasteiger partial charge in [0, 0.05) is 18.1 Å². The molecular formula is C26H25NO6. The standard InChI is InChI=1S/C26H25NO6/c1-15(2)18-7-5-17(6-8-18)13-22-25(29)20-10-11-21(16(3)26(20)32-22)31-24(28)12-9-19-14-23(30-4)27-33-19/h5-8,10-11,13-15H,9,12H2,1-4H3/b22-13-. The number of ketones is 1. The van der Waals surface area contributed by atoms with Crippen LogP contribution in [0.1, 0.15) is 59.0 Å². The van der Waals surface area contributed by atoms with E-state index in [9.17, 15) is 9.59 Å². The first-order valence-electron chi connectivity index (χ1n) is 10.7. The van der Waals surface area contributed by atoms with Gasteiger partial charge in [0.1, 0.15) is 17.3 Å². The minimum atomic E-state index is -0.432. The van der Waals surface area contributed by atoms with Crippen LogP contribution in [0.15, 0.2) is 52.7 Å². The van der Waals surface area contributed by atoms with Crippen LogP contribution >= 0.6 is 0 Å². The molecule has 1 aliphatic rings. The van der Waals surface area contributed by atoms with E-state index in [4.69, 9.17) is 18.7 Å². The maximum absolute atomic E-state index is 12.8. The van der Waals surface area contributed by atoms with Gasteiger partial charge >= 0.3 is 5.97 Å². The molecule has 4 rings (SSSR count). The van der Waals surface area contributed by atoms with Crippen molar-refractivity contribution in [2.75, 3.05) is 7.11 Å². The second-order valence-corrected chi connectivity index (χ2v) is 8.14. The van der Waals surface area contributed by atoms with Gasteiger partial charge in [0.25, 0.3) is 5.88 Å². The van der Waals surface area contributed by atoms with Crippen LogP contribution in [0.4, 0.5) is 0 Å². The van der Waals surface area contributed by atoms with Gasteiger partial charge in [-0.15, -0.1) is 0 Å². The van der Waals surface area contributed by atoms with Gasteiger partial charge in [-0.3, -0.25) is 9.59 Å². The number of esters is 1. The number of hydrogen-bond acceptors (Lipinski definition) is 7. The monoisotopic (exact) mass is 447 g/mol. The number of hydrogen-bond donors (Lipinski definition) is 0. The van der Waals surface area contributed by atoms with Crippen molar-refractivity contribution in [3.8, 4) is 17.4 Å². The van der Waals surface area contributed by atoms with E-state index >= 15 is 0 Å². The Bertz CT molecular complexity index is 1220. The highest BCUT2D eigenvalue weighted by atomic mass is 16.5. The SMILES string of the molecule is COc1cc(CCC(=O)Oc2ccc3c(c2C)O/C(=C\c2ccc(C(C)C)cc2)C3=O)on1. The van der Waals surface area contributed by atoms with Crippen LogP contribution in [0.25, 0.3) is 6.08 Å². The van der Waals surface area contributed by atoms with E-state index in [-0.39, 0.29) is 18.0 Å². The van der Waals surface area contributed by atoms with Crippen molar-refractivity contribution in [2.24, 2.45) is 0 Å². The maximum atomic E-state index is 12.8. The molecule has 0 N–H and O–H groups in total. The first-order valence-corrected chi connectivity index (χ1v) is 10.7. The summed E-state index contributed by atoms with van der Waals surface area (Å²) in [5.74, 6) is 1.70. The molecule has 1 aromatic heterocycles. The number of carbonyl (C=O) groups excluding carboxylic acids is 2. The molecular weight excluding hydrogens is 422 g/mol. The number of aromatic nitrogens is 1. The summed E-state index contributed by atoms with van der Waals surface area (Å²) >= 11 is 0. The number of rotatable bonds is 7. The van der Waals surface area contributed by atoms with E-state index in [1.54, 1.807) is 31.2 Å². The normalized spacial score (nSPS) is 13.8. The van der Waals surface area contributed by atoms with Crippen molar-refractivity contribution in [2.45, 2.75) is 39.5 Å². The number of ether oxygens (including phenoxy) is 3. The van der Waals surface area contributed by atoms with Crippen molar-refractivity contribution in [1.82, 2.24) is 5.16 Å². The van der Waals surface area contributed by atoms with Crippen LogP contribution in [0, 0.1) is 6.92 Å². The lowest BCUT2D eigenvalue weighted by Crippen LogP contribution is -2.10. The fraction of sp³-hybridized carbons (Fsp3) is 0.269. The molecule has 0 bridgehead atoms. The third-order valence-corrected chi connectivity index (χ3v) is 5.48. The molecule has 0 aliphatic carbocycles. The van der Waals surface area contributed by atoms with E-state index in [0.29, 0.717) is 46.6 Å². The molecule has 0 saturated heterocycles. The van der Waals surface area contributed by atoms with Crippen LogP contribution in [-0.2, 0) is 11.2 Å². The molecule has 3 aromatic rings. The predicted octanol–water partition coefficient (Wildman–Crippen LogP) is 5.27. The number of fused-ring (bicyclic) bond motifs is 1. The van der Waals surface area contributed by atoms with Crippen molar-refractivity contribution in [3.63, 3.8) is 0 Å². The Morgan fingerprint density at radius 3 is 2.58 bits per heavy atom. The fourth-order valence-corrected chi connectivity index (χ4v) is 3.51. The Hall–Kier alpha value is -3.87. The Balaban J connectivity index is 1.45. The summed E-state index contributed by atoms with van der Waals surface area (Å²) < 4.78 is 21.4. The van der Waals surface area contributed by atoms with Gasteiger partial charge in [-0.25, -0.2) is 0 Å². The fourth-order valence-electron chi connectivity index (χ4n) is 3.51. The zero-order chi connectivity index (χ0) is 23.5. The highest BCUT2D eigenvalue weighted by molar-refractivity contribution is 6.15. The third-order valence-electron chi connectivity index (χ3n) is 5.48. The van der Waals surface area contributed by atoms with Gasteiger partial charge < -0.3 is 18.7 Å². The van der Waals surface area contributed by atoms with Crippen LogP contribution in [-0.4, -0.2) is 24.0 Å². The van der Waals surface area contributed by atoms with Gasteiger partial charge in [-0.1, -0.05) is 38.1 Å². The van der Waals surface area contributed by atoms with E-state index in [1.165, 1.54) is 12.7 Å². The lowest BCUT2D eigenvalue weighted by atomic mass is 10.0. The van der Waals surface area contributed by atoms with Crippen LogP contribution < -0.4 is 14.2 Å². The molecule has 2 aromatic carbocycles. The van der Waals surface area contributed by atoms with Crippen LogP contribution in [0.3, 0.4) is 0 Å². The average Bonchev–Trinajstić information content (AvgIpc) is 3.40. The van der Waals surface area contributed by atoms with E-state index in [0.717, 1.165) is 5.56 Å². The second-order valence-electron chi connectivity index (χ2n) is 8.14. The van der Waals surface area contributed by atoms with E-state index < -0.39 is 5.97 Å². The third kappa shape index (κ3) is 4.82. The lowest BCUT2D eigenvalue weighted by Gasteiger charge is -2.09. The molecule has 7 heteroatoms. The molecule has 1 aliphatic heterocycles. The van der Waals surface area contributed by atoms with Gasteiger partial charge in [-0.2, -0.15) is 0 Å². The Labute approximate surface area is 191 Å². The summed E-state index contributed by atoms with van der Waals surface area (Å²) in [6.45, 7) is 6.02. The molecule has 0 spiro atoms. The van der Waals surface area contributed by atoms with Crippen LogP contribution in [0.2, 0.25) is 0 Å². The zero-order valence-electron chi connectivity index (χ0n) is 19.0. The number of carbonyl (C=O) groups is 2. The van der Waals surface area contributed by atoms with Gasteiger partial charge in [0.2, 0.25) is 5.78 Å². The number of aryl methyl sites for hydroxylation is 1. The quantitative estimate of drug-likeness (QED) is 0.277. The van der Waals surface area contributed by atoms with Crippen molar-refractivity contribution in [3.05, 3.63) is 76.2 Å². The number of nitrogens with zero attached hydrogens (tertiary/aromatic N) is 1. The molecule has 2 heterocycles. The molecule has 0 amide bonds. The molecule has 33 heavy (non-hydrogen) atoms. The Morgan fingerprint density at radius 2 is 1.91 bits per heavy atom. The average molecular weight is 447 g/mol. The minimum Gasteiger partial charge on any atom is -0.479 e. The molecule has 170 valence electrons. The number of benzene rings is 2. The largest absolute Gasteiger partial charge is 0.479 e. The summed E-state index contributed by atoms with van der Waals surface area (Å²) in [7, 11) is 1.49. The zero-order valence-corrected chi connectivity index (χ0v) is 19.0. The topological polar surface area (TPSA) is 87.9 Å². The molecule has 0 atom stereocenters. The summed E-state index contributed by atoms with van der Waals surface area (Å²) in [5, 5.41) is 3.70. The van der Waals surface area contributed by atoms with Crippen molar-refractivity contribution >= 4 is 17.8 Å². The van der Waals surface area contributed by atoms with Gasteiger partial charge in [0.05, 0.1) is 19.1 Å². The van der Waals surface area contributed by atoms with Crippen molar-refractivity contribution in [1.29, 1.82) is 0 Å². The van der Waals surface area contributed by atoms with Gasteiger partial charge in [-0.05, 0) is 47.3 Å². The first-order chi connectivity index (χ1) is 15.9. The summed E-state index contributed by atoms with van der Waals surface area (Å²) in [4.78, 5) is 25.1. The Morgan fingerprint density at radius 1 is 1.15 bits per heavy atom. The Kier molecular flexibility index (Phi) is 6.31. The predicted molar refractivity (Wildman–Crippen MR) is 122 cm³/mol. The smallest absolute Gasteiger partial charge is 0.311 e. The van der Waals surface area contributed by atoms with Crippen LogP contribution in [0.5, 0.6) is 17.4 Å². The summed E-state index contributed by atoms with van der Waals surface area (Å²) in [6, 6.07) is 12.9. The number of Topliss-reactive ketones (excluding diaryl/α,β-unsaturated/α-hetero) is 1. The highest BCUT2D eigenvalue weighted by Gasteiger charge is 2.30. The number of methoxy groups -OCH3 is 1. The maximum Gasteiger partial charge on any atom is 0.311 e. The summed E-state index contributed by atoms with van der Waals surface area (Å²) in [5.41, 5.74) is 3.15. The molecule has 0 unspecified atom stereocenters.